The molecule has 0 saturated carbocycles. The lowest BCUT2D eigenvalue weighted by Gasteiger charge is -2.31. The summed E-state index contributed by atoms with van der Waals surface area (Å²) >= 11 is 5.90. The minimum absolute atomic E-state index is 0.0130. The number of likely N-dealkylation sites (tertiary alicyclic amines) is 1. The number of carbonyl (C=O) groups is 1. The van der Waals surface area contributed by atoms with Crippen LogP contribution in [-0.2, 0) is 21.9 Å². The molecule has 1 N–H and O–H groups in total. The van der Waals surface area contributed by atoms with E-state index in [0.29, 0.717) is 25.9 Å². The summed E-state index contributed by atoms with van der Waals surface area (Å²) in [4.78, 5) is 16.7. The highest BCUT2D eigenvalue weighted by molar-refractivity contribution is 7.89. The van der Waals surface area contributed by atoms with Crippen molar-refractivity contribution < 1.29 is 13.2 Å². The smallest absolute Gasteiger partial charge is 0.261 e. The maximum Gasteiger partial charge on any atom is 0.261 e. The molecule has 0 unspecified atom stereocenters. The number of nitrogens with one attached hydrogen (secondary N) is 1. The molecule has 7 nitrogen and oxygen atoms in total. The Morgan fingerprint density at radius 2 is 2.05 bits per heavy atom. The number of rotatable bonds is 3. The van der Waals surface area contributed by atoms with Crippen LogP contribution in [0.15, 0.2) is 11.4 Å². The average molecular weight is 321 g/mol. The largest absolute Gasteiger partial charge is 0.343 e. The van der Waals surface area contributed by atoms with Crippen molar-refractivity contribution in [2.24, 2.45) is 7.05 Å². The first-order valence-corrected chi connectivity index (χ1v) is 8.12. The molecule has 1 aliphatic rings. The Bertz CT molecular complexity index is 605. The number of nitrogens with zero attached hydrogens (tertiary/aromatic N) is 3. The van der Waals surface area contributed by atoms with E-state index in [-0.39, 0.29) is 22.1 Å². The number of hydrogen-bond donors (Lipinski definition) is 1. The van der Waals surface area contributed by atoms with Gasteiger partial charge in [0.2, 0.25) is 10.9 Å². The molecule has 0 spiro atoms. The van der Waals surface area contributed by atoms with Crippen molar-refractivity contribution in [2.75, 3.05) is 13.1 Å². The second kappa shape index (κ2) is 5.71. The summed E-state index contributed by atoms with van der Waals surface area (Å²) < 4.78 is 28.4. The fourth-order valence-corrected chi connectivity index (χ4v) is 3.90. The number of aromatic nitrogens is 2. The molecule has 1 aromatic heterocycles. The topological polar surface area (TPSA) is 84.3 Å². The molecule has 2 heterocycles. The predicted molar refractivity (Wildman–Crippen MR) is 73.8 cm³/mol. The molecule has 20 heavy (non-hydrogen) atoms. The Kier molecular flexibility index (Phi) is 4.36. The Morgan fingerprint density at radius 3 is 2.50 bits per heavy atom. The first-order chi connectivity index (χ1) is 9.31. The molecule has 0 bridgehead atoms. The summed E-state index contributed by atoms with van der Waals surface area (Å²) in [5.41, 5.74) is 0. The summed E-state index contributed by atoms with van der Waals surface area (Å²) in [6.45, 7) is 2.62. The van der Waals surface area contributed by atoms with Crippen LogP contribution in [0.2, 0.25) is 5.15 Å². The summed E-state index contributed by atoms with van der Waals surface area (Å²) in [5.74, 6) is 0.0130. The van der Waals surface area contributed by atoms with E-state index in [1.54, 1.807) is 11.9 Å². The molecular formula is C11H17ClN4O3S. The van der Waals surface area contributed by atoms with Gasteiger partial charge in [0.1, 0.15) is 5.15 Å². The number of imidazole rings is 1. The molecule has 0 aromatic carbocycles. The van der Waals surface area contributed by atoms with Crippen LogP contribution >= 0.6 is 11.6 Å². The van der Waals surface area contributed by atoms with Crippen molar-refractivity contribution >= 4 is 27.5 Å². The van der Waals surface area contributed by atoms with Gasteiger partial charge in [-0.25, -0.2) is 18.1 Å². The van der Waals surface area contributed by atoms with Gasteiger partial charge in [-0.05, 0) is 12.8 Å². The van der Waals surface area contributed by atoms with E-state index >= 15 is 0 Å². The third-order valence-electron chi connectivity index (χ3n) is 3.35. The summed E-state index contributed by atoms with van der Waals surface area (Å²) in [6.07, 6.45) is 2.53. The van der Waals surface area contributed by atoms with Gasteiger partial charge in [-0.3, -0.25) is 4.79 Å². The van der Waals surface area contributed by atoms with E-state index < -0.39 is 10.0 Å². The number of piperidine rings is 1. The fourth-order valence-electron chi connectivity index (χ4n) is 2.16. The summed E-state index contributed by atoms with van der Waals surface area (Å²) in [6, 6.07) is -0.200. The Hall–Kier alpha value is -1.12. The second-order valence-corrected chi connectivity index (χ2v) is 6.84. The number of halogens is 1. The zero-order chi connectivity index (χ0) is 14.9. The lowest BCUT2D eigenvalue weighted by molar-refractivity contribution is -0.129. The zero-order valence-corrected chi connectivity index (χ0v) is 12.9. The van der Waals surface area contributed by atoms with Crippen molar-refractivity contribution in [2.45, 2.75) is 30.8 Å². The Morgan fingerprint density at radius 1 is 1.45 bits per heavy atom. The lowest BCUT2D eigenvalue weighted by Crippen LogP contribution is -2.46. The van der Waals surface area contributed by atoms with Crippen molar-refractivity contribution in [3.05, 3.63) is 11.5 Å². The molecule has 0 radical (unpaired) electrons. The van der Waals surface area contributed by atoms with Crippen LogP contribution in [0.25, 0.3) is 0 Å². The summed E-state index contributed by atoms with van der Waals surface area (Å²) in [5, 5.41) is -0.0747. The molecule has 0 atom stereocenters. The summed E-state index contributed by atoms with van der Waals surface area (Å²) in [7, 11) is -2.10. The predicted octanol–water partition coefficient (Wildman–Crippen LogP) is 0.363. The van der Waals surface area contributed by atoms with E-state index in [2.05, 4.69) is 9.71 Å². The SMILES string of the molecule is CC(=O)N1CCC(NS(=O)(=O)c2ncn(C)c2Cl)CC1. The quantitative estimate of drug-likeness (QED) is 0.871. The van der Waals surface area contributed by atoms with Crippen LogP contribution in [0.1, 0.15) is 19.8 Å². The van der Waals surface area contributed by atoms with Gasteiger partial charge >= 0.3 is 0 Å². The van der Waals surface area contributed by atoms with Gasteiger partial charge in [0.25, 0.3) is 10.0 Å². The van der Waals surface area contributed by atoms with Gasteiger partial charge in [0.15, 0.2) is 0 Å². The molecule has 1 amide bonds. The van der Waals surface area contributed by atoms with Gasteiger partial charge in [-0.1, -0.05) is 11.6 Å². The number of amides is 1. The number of carbonyl (C=O) groups excluding carboxylic acids is 1. The van der Waals surface area contributed by atoms with Gasteiger partial charge in [-0.2, -0.15) is 0 Å². The third-order valence-corrected chi connectivity index (χ3v) is 5.36. The molecule has 0 aliphatic carbocycles. The van der Waals surface area contributed by atoms with E-state index in [9.17, 15) is 13.2 Å². The van der Waals surface area contributed by atoms with E-state index in [1.165, 1.54) is 17.8 Å². The monoisotopic (exact) mass is 320 g/mol. The maximum atomic E-state index is 12.2. The van der Waals surface area contributed by atoms with Crippen LogP contribution in [0.4, 0.5) is 0 Å². The van der Waals surface area contributed by atoms with Gasteiger partial charge in [0.05, 0.1) is 6.33 Å². The maximum absolute atomic E-state index is 12.2. The molecule has 1 aliphatic heterocycles. The van der Waals surface area contributed by atoms with Crippen LogP contribution in [0, 0.1) is 0 Å². The van der Waals surface area contributed by atoms with Crippen LogP contribution in [0.5, 0.6) is 0 Å². The van der Waals surface area contributed by atoms with Crippen LogP contribution < -0.4 is 4.72 Å². The lowest BCUT2D eigenvalue weighted by atomic mass is 10.1. The third kappa shape index (κ3) is 3.13. The standard InChI is InChI=1S/C11H17ClN4O3S/c1-8(17)16-5-3-9(4-6-16)14-20(18,19)11-10(12)15(2)7-13-11/h7,9,14H,3-6H2,1-2H3. The normalized spacial score (nSPS) is 17.4. The van der Waals surface area contributed by atoms with Gasteiger partial charge in [-0.15, -0.1) is 0 Å². The first-order valence-electron chi connectivity index (χ1n) is 6.26. The number of sulfonamides is 1. The minimum Gasteiger partial charge on any atom is -0.343 e. The van der Waals surface area contributed by atoms with E-state index in [4.69, 9.17) is 11.6 Å². The molecule has 112 valence electrons. The minimum atomic E-state index is -3.72. The molecule has 2 rings (SSSR count). The molecule has 1 saturated heterocycles. The average Bonchev–Trinajstić information content (AvgIpc) is 2.71. The highest BCUT2D eigenvalue weighted by Crippen LogP contribution is 2.20. The van der Waals surface area contributed by atoms with Gasteiger partial charge in [0, 0.05) is 33.1 Å². The highest BCUT2D eigenvalue weighted by Gasteiger charge is 2.28. The van der Waals surface area contributed by atoms with Crippen molar-refractivity contribution in [1.82, 2.24) is 19.2 Å². The highest BCUT2D eigenvalue weighted by atomic mass is 35.5. The Labute approximate surface area is 123 Å². The number of aryl methyl sites for hydroxylation is 1. The van der Waals surface area contributed by atoms with E-state index in [0.717, 1.165) is 0 Å². The molecule has 1 fully saturated rings. The van der Waals surface area contributed by atoms with Gasteiger partial charge < -0.3 is 9.47 Å². The van der Waals surface area contributed by atoms with Crippen LogP contribution in [0.3, 0.4) is 0 Å². The van der Waals surface area contributed by atoms with Crippen molar-refractivity contribution in [1.29, 1.82) is 0 Å². The zero-order valence-electron chi connectivity index (χ0n) is 11.3. The molecule has 1 aromatic rings. The second-order valence-electron chi connectivity index (χ2n) is 4.85. The van der Waals surface area contributed by atoms with Crippen LogP contribution in [-0.4, -0.2) is 47.9 Å². The molecular weight excluding hydrogens is 304 g/mol. The fraction of sp³-hybridized carbons (Fsp3) is 0.636. The Balaban J connectivity index is 2.04. The van der Waals surface area contributed by atoms with Crippen molar-refractivity contribution in [3.63, 3.8) is 0 Å². The van der Waals surface area contributed by atoms with E-state index in [1.807, 2.05) is 0 Å². The number of hydrogen-bond acceptors (Lipinski definition) is 4. The first kappa shape index (κ1) is 15.3. The molecule has 9 heteroatoms. The van der Waals surface area contributed by atoms with Crippen molar-refractivity contribution in [3.8, 4) is 0 Å².